The van der Waals surface area contributed by atoms with Gasteiger partial charge in [0.2, 0.25) is 0 Å². The lowest BCUT2D eigenvalue weighted by Crippen LogP contribution is -2.40. The van der Waals surface area contributed by atoms with E-state index in [9.17, 15) is 4.79 Å². The van der Waals surface area contributed by atoms with Crippen molar-refractivity contribution in [1.29, 1.82) is 0 Å². The van der Waals surface area contributed by atoms with Gasteiger partial charge in [0, 0.05) is 12.6 Å². The number of amides is 1. The lowest BCUT2D eigenvalue weighted by molar-refractivity contribution is -0.123. The molecule has 4 heteroatoms. The average molecular weight is 236 g/mol. The predicted octanol–water partition coefficient (Wildman–Crippen LogP) is 1.15. The molecular formula is C13H20N2O2. The number of aryl methyl sites for hydroxylation is 2. The highest BCUT2D eigenvalue weighted by Crippen LogP contribution is 2.18. The van der Waals surface area contributed by atoms with Gasteiger partial charge in [0.05, 0.1) is 0 Å². The fourth-order valence-corrected chi connectivity index (χ4v) is 1.48. The first-order chi connectivity index (χ1) is 8.02. The number of hydrogen-bond acceptors (Lipinski definition) is 3. The van der Waals surface area contributed by atoms with E-state index in [1.165, 1.54) is 5.56 Å². The van der Waals surface area contributed by atoms with E-state index in [1.54, 1.807) is 0 Å². The van der Waals surface area contributed by atoms with Crippen LogP contribution in [0.25, 0.3) is 0 Å². The molecule has 1 rings (SSSR count). The van der Waals surface area contributed by atoms with Crippen molar-refractivity contribution in [3.8, 4) is 5.75 Å². The second-order valence-electron chi connectivity index (χ2n) is 4.26. The van der Waals surface area contributed by atoms with Gasteiger partial charge >= 0.3 is 0 Å². The molecule has 0 fully saturated rings. The van der Waals surface area contributed by atoms with E-state index in [0.717, 1.165) is 11.3 Å². The molecule has 0 spiro atoms. The van der Waals surface area contributed by atoms with Crippen LogP contribution in [0.3, 0.4) is 0 Å². The van der Waals surface area contributed by atoms with Crippen LogP contribution in [-0.2, 0) is 4.79 Å². The zero-order chi connectivity index (χ0) is 12.8. The number of carbonyl (C=O) groups excluding carboxylic acids is 1. The third kappa shape index (κ3) is 4.44. The van der Waals surface area contributed by atoms with E-state index in [4.69, 9.17) is 10.5 Å². The number of carbonyl (C=O) groups is 1. The molecule has 0 unspecified atom stereocenters. The summed E-state index contributed by atoms with van der Waals surface area (Å²) < 4.78 is 5.45. The van der Waals surface area contributed by atoms with E-state index in [0.29, 0.717) is 6.54 Å². The molecule has 17 heavy (non-hydrogen) atoms. The smallest absolute Gasteiger partial charge is 0.258 e. The maximum absolute atomic E-state index is 11.5. The maximum Gasteiger partial charge on any atom is 0.258 e. The lowest BCUT2D eigenvalue weighted by Gasteiger charge is -2.13. The van der Waals surface area contributed by atoms with Crippen molar-refractivity contribution in [2.45, 2.75) is 26.8 Å². The van der Waals surface area contributed by atoms with Crippen molar-refractivity contribution in [3.05, 3.63) is 29.3 Å². The molecule has 0 bridgehead atoms. The van der Waals surface area contributed by atoms with E-state index >= 15 is 0 Å². The van der Waals surface area contributed by atoms with Crippen molar-refractivity contribution in [2.24, 2.45) is 5.73 Å². The Hall–Kier alpha value is -1.55. The molecule has 0 aromatic heterocycles. The quantitative estimate of drug-likeness (QED) is 0.806. The van der Waals surface area contributed by atoms with Gasteiger partial charge in [-0.15, -0.1) is 0 Å². The predicted molar refractivity (Wildman–Crippen MR) is 68.1 cm³/mol. The van der Waals surface area contributed by atoms with E-state index < -0.39 is 0 Å². The van der Waals surface area contributed by atoms with Gasteiger partial charge in [0.15, 0.2) is 6.61 Å². The molecular weight excluding hydrogens is 216 g/mol. The molecule has 0 aliphatic heterocycles. The zero-order valence-corrected chi connectivity index (χ0v) is 10.6. The molecule has 0 saturated carbocycles. The molecule has 1 aromatic rings. The third-order valence-electron chi connectivity index (χ3n) is 2.45. The second-order valence-corrected chi connectivity index (χ2v) is 4.26. The summed E-state index contributed by atoms with van der Waals surface area (Å²) in [6, 6.07) is 5.84. The van der Waals surface area contributed by atoms with Gasteiger partial charge in [-0.3, -0.25) is 4.79 Å². The van der Waals surface area contributed by atoms with Crippen LogP contribution >= 0.6 is 0 Å². The zero-order valence-electron chi connectivity index (χ0n) is 10.6. The molecule has 1 amide bonds. The highest BCUT2D eigenvalue weighted by Gasteiger charge is 2.07. The van der Waals surface area contributed by atoms with Gasteiger partial charge in [0.25, 0.3) is 5.91 Å². The normalized spacial score (nSPS) is 12.0. The van der Waals surface area contributed by atoms with E-state index in [2.05, 4.69) is 5.32 Å². The monoisotopic (exact) mass is 236 g/mol. The summed E-state index contributed by atoms with van der Waals surface area (Å²) in [5.74, 6) is 0.592. The summed E-state index contributed by atoms with van der Waals surface area (Å²) in [5.41, 5.74) is 7.62. The summed E-state index contributed by atoms with van der Waals surface area (Å²) >= 11 is 0. The van der Waals surface area contributed by atoms with Crippen LogP contribution in [0.15, 0.2) is 18.2 Å². The van der Waals surface area contributed by atoms with Crippen LogP contribution in [0.4, 0.5) is 0 Å². The first kappa shape index (κ1) is 13.5. The molecule has 4 nitrogen and oxygen atoms in total. The standard InChI is InChI=1S/C13H20N2O2/c1-9-4-5-12(10(2)6-9)17-8-13(16)15-11(3)7-14/h4-6,11H,7-8,14H2,1-3H3,(H,15,16)/t11-/m0/s1. The van der Waals surface area contributed by atoms with Crippen molar-refractivity contribution < 1.29 is 9.53 Å². The van der Waals surface area contributed by atoms with Gasteiger partial charge in [-0.1, -0.05) is 17.7 Å². The Morgan fingerprint density at radius 3 is 2.76 bits per heavy atom. The highest BCUT2D eigenvalue weighted by atomic mass is 16.5. The number of nitrogens with two attached hydrogens (primary N) is 1. The van der Waals surface area contributed by atoms with Crippen LogP contribution < -0.4 is 15.8 Å². The minimum atomic E-state index is -0.150. The molecule has 0 saturated heterocycles. The summed E-state index contributed by atoms with van der Waals surface area (Å²) in [7, 11) is 0. The maximum atomic E-state index is 11.5. The lowest BCUT2D eigenvalue weighted by atomic mass is 10.1. The Labute approximate surface area is 102 Å². The first-order valence-electron chi connectivity index (χ1n) is 5.72. The first-order valence-corrected chi connectivity index (χ1v) is 5.72. The second kappa shape index (κ2) is 6.25. The number of hydrogen-bond donors (Lipinski definition) is 2. The Kier molecular flexibility index (Phi) is 4.97. The average Bonchev–Trinajstić information content (AvgIpc) is 2.27. The van der Waals surface area contributed by atoms with Gasteiger partial charge < -0.3 is 15.8 Å². The fourth-order valence-electron chi connectivity index (χ4n) is 1.48. The Bertz CT molecular complexity index is 391. The van der Waals surface area contributed by atoms with Gasteiger partial charge in [-0.05, 0) is 32.4 Å². The Morgan fingerprint density at radius 1 is 1.47 bits per heavy atom. The van der Waals surface area contributed by atoms with Crippen LogP contribution in [0.2, 0.25) is 0 Å². The number of nitrogens with one attached hydrogen (secondary N) is 1. The minimum absolute atomic E-state index is 0.0221. The molecule has 0 radical (unpaired) electrons. The molecule has 1 atom stereocenters. The number of benzene rings is 1. The molecule has 94 valence electrons. The number of rotatable bonds is 5. The summed E-state index contributed by atoms with van der Waals surface area (Å²) in [4.78, 5) is 11.5. The van der Waals surface area contributed by atoms with Gasteiger partial charge in [0.1, 0.15) is 5.75 Å². The van der Waals surface area contributed by atoms with Crippen molar-refractivity contribution in [3.63, 3.8) is 0 Å². The summed E-state index contributed by atoms with van der Waals surface area (Å²) in [5, 5.41) is 2.74. The highest BCUT2D eigenvalue weighted by molar-refractivity contribution is 5.77. The van der Waals surface area contributed by atoms with E-state index in [1.807, 2.05) is 39.0 Å². The molecule has 1 aromatic carbocycles. The molecule has 3 N–H and O–H groups in total. The van der Waals surface area contributed by atoms with Crippen LogP contribution in [-0.4, -0.2) is 25.1 Å². The fraction of sp³-hybridized carbons (Fsp3) is 0.462. The van der Waals surface area contributed by atoms with Crippen LogP contribution in [0.5, 0.6) is 5.75 Å². The van der Waals surface area contributed by atoms with E-state index in [-0.39, 0.29) is 18.6 Å². The van der Waals surface area contributed by atoms with Crippen LogP contribution in [0.1, 0.15) is 18.1 Å². The summed E-state index contributed by atoms with van der Waals surface area (Å²) in [6.07, 6.45) is 0. The van der Waals surface area contributed by atoms with Crippen molar-refractivity contribution in [2.75, 3.05) is 13.2 Å². The third-order valence-corrected chi connectivity index (χ3v) is 2.45. The number of ether oxygens (including phenoxy) is 1. The van der Waals surface area contributed by atoms with Crippen molar-refractivity contribution >= 4 is 5.91 Å². The molecule has 0 heterocycles. The van der Waals surface area contributed by atoms with Gasteiger partial charge in [-0.25, -0.2) is 0 Å². The SMILES string of the molecule is Cc1ccc(OCC(=O)N[C@@H](C)CN)c(C)c1. The minimum Gasteiger partial charge on any atom is -0.484 e. The van der Waals surface area contributed by atoms with Crippen LogP contribution in [0, 0.1) is 13.8 Å². The molecule has 0 aliphatic carbocycles. The van der Waals surface area contributed by atoms with Gasteiger partial charge in [-0.2, -0.15) is 0 Å². The Morgan fingerprint density at radius 2 is 2.18 bits per heavy atom. The largest absolute Gasteiger partial charge is 0.484 e. The summed E-state index contributed by atoms with van der Waals surface area (Å²) in [6.45, 7) is 6.29. The Balaban J connectivity index is 2.47. The van der Waals surface area contributed by atoms with Crippen molar-refractivity contribution in [1.82, 2.24) is 5.32 Å². The topological polar surface area (TPSA) is 64.3 Å². The molecule has 0 aliphatic rings.